The van der Waals surface area contributed by atoms with Crippen molar-refractivity contribution in [1.29, 1.82) is 0 Å². The summed E-state index contributed by atoms with van der Waals surface area (Å²) in [5, 5.41) is 2.90. The highest BCUT2D eigenvalue weighted by Gasteiger charge is 2.21. The van der Waals surface area contributed by atoms with Gasteiger partial charge in [-0.2, -0.15) is 0 Å². The van der Waals surface area contributed by atoms with Crippen LogP contribution in [0.1, 0.15) is 41.7 Å². The smallest absolute Gasteiger partial charge is 0.282 e. The first kappa shape index (κ1) is 19.3. The summed E-state index contributed by atoms with van der Waals surface area (Å²) in [6.45, 7) is 0.746. The average Bonchev–Trinajstić information content (AvgIpc) is 2.73. The van der Waals surface area contributed by atoms with Crippen molar-refractivity contribution in [2.75, 3.05) is 5.32 Å². The zero-order valence-corrected chi connectivity index (χ0v) is 17.0. The van der Waals surface area contributed by atoms with E-state index in [0.717, 1.165) is 44.3 Å². The fourth-order valence-electron chi connectivity index (χ4n) is 3.81. The molecule has 1 aliphatic rings. The van der Waals surface area contributed by atoms with Gasteiger partial charge in [0.2, 0.25) is 0 Å². The van der Waals surface area contributed by atoms with Crippen molar-refractivity contribution >= 4 is 23.8 Å². The van der Waals surface area contributed by atoms with Gasteiger partial charge in [0, 0.05) is 17.8 Å². The molecular weight excluding hydrogens is 382 g/mol. The zero-order chi connectivity index (χ0) is 20.2. The second-order valence-electron chi connectivity index (χ2n) is 7.22. The summed E-state index contributed by atoms with van der Waals surface area (Å²) in [5.74, 6) is -0.288. The highest BCUT2D eigenvalue weighted by molar-refractivity contribution is 7.71. The second-order valence-corrected chi connectivity index (χ2v) is 7.58. The van der Waals surface area contributed by atoms with Crippen molar-refractivity contribution in [2.45, 2.75) is 38.6 Å². The molecule has 1 aliphatic heterocycles. The lowest BCUT2D eigenvalue weighted by atomic mass is 10.1. The van der Waals surface area contributed by atoms with Crippen molar-refractivity contribution in [3.8, 4) is 5.69 Å². The molecular formula is C23H23N3O2S. The summed E-state index contributed by atoms with van der Waals surface area (Å²) in [6, 6.07) is 18.3. The van der Waals surface area contributed by atoms with E-state index in [1.165, 1.54) is 4.57 Å². The van der Waals surface area contributed by atoms with Gasteiger partial charge in [-0.3, -0.25) is 14.2 Å². The van der Waals surface area contributed by atoms with Gasteiger partial charge in [0.1, 0.15) is 5.69 Å². The molecule has 148 valence electrons. The van der Waals surface area contributed by atoms with Crippen LogP contribution in [0.5, 0.6) is 0 Å². The Morgan fingerprint density at radius 3 is 2.28 bits per heavy atom. The first-order valence-corrected chi connectivity index (χ1v) is 10.4. The highest BCUT2D eigenvalue weighted by Crippen LogP contribution is 2.22. The van der Waals surface area contributed by atoms with E-state index in [-0.39, 0.29) is 11.5 Å². The summed E-state index contributed by atoms with van der Waals surface area (Å²) >= 11 is 5.73. The van der Waals surface area contributed by atoms with Crippen molar-refractivity contribution in [3.05, 3.63) is 87.0 Å². The molecule has 4 rings (SSSR count). The van der Waals surface area contributed by atoms with Gasteiger partial charge < -0.3 is 9.88 Å². The van der Waals surface area contributed by atoms with Crippen LogP contribution in [0.25, 0.3) is 5.69 Å². The van der Waals surface area contributed by atoms with E-state index in [1.807, 2.05) is 53.1 Å². The molecule has 1 N–H and O–H groups in total. The molecule has 6 heteroatoms. The van der Waals surface area contributed by atoms with Gasteiger partial charge in [-0.05, 0) is 55.7 Å². The molecule has 2 heterocycles. The molecule has 0 atom stereocenters. The van der Waals surface area contributed by atoms with Crippen LogP contribution in [0.15, 0.2) is 65.5 Å². The first-order chi connectivity index (χ1) is 14.2. The SMILES string of the molecule is O=C(Nc1c2n(c(=S)n(-c3ccccc3)c1=O)CCCCCC2)c1ccccc1. The molecule has 29 heavy (non-hydrogen) atoms. The fourth-order valence-corrected chi connectivity index (χ4v) is 4.20. The van der Waals surface area contributed by atoms with E-state index < -0.39 is 0 Å². The van der Waals surface area contributed by atoms with Gasteiger partial charge in [-0.15, -0.1) is 0 Å². The number of aromatic nitrogens is 2. The summed E-state index contributed by atoms with van der Waals surface area (Å²) < 4.78 is 4.04. The van der Waals surface area contributed by atoms with Crippen LogP contribution in [-0.2, 0) is 13.0 Å². The van der Waals surface area contributed by atoms with Gasteiger partial charge >= 0.3 is 0 Å². The van der Waals surface area contributed by atoms with E-state index in [0.29, 0.717) is 21.7 Å². The number of carbonyl (C=O) groups is 1. The third-order valence-electron chi connectivity index (χ3n) is 5.29. The third kappa shape index (κ3) is 3.93. The maximum absolute atomic E-state index is 13.5. The van der Waals surface area contributed by atoms with Crippen LogP contribution < -0.4 is 10.9 Å². The van der Waals surface area contributed by atoms with E-state index >= 15 is 0 Å². The number of benzene rings is 2. The van der Waals surface area contributed by atoms with Gasteiger partial charge in [0.15, 0.2) is 4.77 Å². The minimum Gasteiger partial charge on any atom is -0.320 e. The van der Waals surface area contributed by atoms with Gasteiger partial charge in [0.05, 0.1) is 5.69 Å². The number of anilines is 1. The standard InChI is InChI=1S/C23H23N3O2S/c27-21(17-11-5-3-6-12-17)24-20-19-15-9-1-2-10-16-25(19)23(29)26(22(20)28)18-13-7-4-8-14-18/h3-8,11-14H,1-2,9-10,15-16H2,(H,24,27). The molecule has 1 amide bonds. The minimum absolute atomic E-state index is 0.280. The van der Waals surface area contributed by atoms with Gasteiger partial charge in [-0.1, -0.05) is 49.2 Å². The minimum atomic E-state index is -0.288. The molecule has 0 saturated heterocycles. The lowest BCUT2D eigenvalue weighted by Gasteiger charge is -2.23. The topological polar surface area (TPSA) is 56.0 Å². The van der Waals surface area contributed by atoms with Crippen molar-refractivity contribution in [3.63, 3.8) is 0 Å². The maximum Gasteiger partial charge on any atom is 0.282 e. The average molecular weight is 406 g/mol. The quantitative estimate of drug-likeness (QED) is 0.641. The molecule has 5 nitrogen and oxygen atoms in total. The first-order valence-electron chi connectivity index (χ1n) is 9.97. The van der Waals surface area contributed by atoms with Crippen LogP contribution in [0.4, 0.5) is 5.69 Å². The number of rotatable bonds is 3. The Bertz CT molecular complexity index is 1130. The number of amides is 1. The van der Waals surface area contributed by atoms with Gasteiger partial charge in [0.25, 0.3) is 11.5 Å². The molecule has 0 unspecified atom stereocenters. The van der Waals surface area contributed by atoms with E-state index in [1.54, 1.807) is 12.1 Å². The third-order valence-corrected chi connectivity index (χ3v) is 5.69. The number of nitrogens with one attached hydrogen (secondary N) is 1. The van der Waals surface area contributed by atoms with Crippen LogP contribution in [0.3, 0.4) is 0 Å². The zero-order valence-electron chi connectivity index (χ0n) is 16.1. The maximum atomic E-state index is 13.5. The van der Waals surface area contributed by atoms with E-state index in [2.05, 4.69) is 5.32 Å². The molecule has 0 radical (unpaired) electrons. The Balaban J connectivity index is 1.90. The molecule has 2 aromatic carbocycles. The Morgan fingerprint density at radius 1 is 0.897 bits per heavy atom. The Hall–Kier alpha value is -2.99. The monoisotopic (exact) mass is 405 g/mol. The normalized spacial score (nSPS) is 13.8. The van der Waals surface area contributed by atoms with Crippen LogP contribution in [0.2, 0.25) is 0 Å². The van der Waals surface area contributed by atoms with Crippen LogP contribution in [0, 0.1) is 4.77 Å². The number of nitrogens with zero attached hydrogens (tertiary/aromatic N) is 2. The molecule has 0 bridgehead atoms. The summed E-state index contributed by atoms with van der Waals surface area (Å²) in [5.41, 5.74) is 2.10. The summed E-state index contributed by atoms with van der Waals surface area (Å²) in [4.78, 5) is 26.3. The predicted molar refractivity (Wildman–Crippen MR) is 117 cm³/mol. The number of para-hydroxylation sites is 1. The van der Waals surface area contributed by atoms with E-state index in [4.69, 9.17) is 12.2 Å². The summed E-state index contributed by atoms with van der Waals surface area (Å²) in [6.07, 6.45) is 4.94. The lowest BCUT2D eigenvalue weighted by Crippen LogP contribution is -2.32. The molecule has 0 aliphatic carbocycles. The number of hydrogen-bond donors (Lipinski definition) is 1. The Kier molecular flexibility index (Phi) is 5.71. The van der Waals surface area contributed by atoms with Crippen molar-refractivity contribution in [1.82, 2.24) is 9.13 Å². The molecule has 3 aromatic rings. The summed E-state index contributed by atoms with van der Waals surface area (Å²) in [7, 11) is 0. The largest absolute Gasteiger partial charge is 0.320 e. The lowest BCUT2D eigenvalue weighted by molar-refractivity contribution is 0.102. The number of fused-ring (bicyclic) bond motifs is 1. The van der Waals surface area contributed by atoms with Crippen LogP contribution >= 0.6 is 12.2 Å². The van der Waals surface area contributed by atoms with E-state index in [9.17, 15) is 9.59 Å². The molecule has 0 spiro atoms. The fraction of sp³-hybridized carbons (Fsp3) is 0.261. The molecule has 0 fully saturated rings. The van der Waals surface area contributed by atoms with Gasteiger partial charge in [-0.25, -0.2) is 0 Å². The highest BCUT2D eigenvalue weighted by atomic mass is 32.1. The molecule has 1 aromatic heterocycles. The Morgan fingerprint density at radius 2 is 1.55 bits per heavy atom. The predicted octanol–water partition coefficient (Wildman–Crippen LogP) is 4.74. The van der Waals surface area contributed by atoms with Crippen molar-refractivity contribution in [2.24, 2.45) is 0 Å². The number of hydrogen-bond acceptors (Lipinski definition) is 3. The second kappa shape index (κ2) is 8.57. The van der Waals surface area contributed by atoms with Crippen molar-refractivity contribution < 1.29 is 4.79 Å². The Labute approximate surface area is 174 Å². The van der Waals surface area contributed by atoms with Crippen LogP contribution in [-0.4, -0.2) is 15.0 Å². The molecule has 0 saturated carbocycles. The number of carbonyl (C=O) groups excluding carboxylic acids is 1.